The van der Waals surface area contributed by atoms with Crippen LogP contribution in [0.15, 0.2) is 18.2 Å². The summed E-state index contributed by atoms with van der Waals surface area (Å²) in [5, 5.41) is 8.77. The Bertz CT molecular complexity index is 419. The van der Waals surface area contributed by atoms with Gasteiger partial charge in [-0.15, -0.1) is 0 Å². The quantitative estimate of drug-likeness (QED) is 0.817. The first kappa shape index (κ1) is 12.3. The number of anilines is 1. The Morgan fingerprint density at radius 1 is 1.62 bits per heavy atom. The van der Waals surface area contributed by atoms with E-state index >= 15 is 0 Å². The smallest absolute Gasteiger partial charge is 0.257 e. The van der Waals surface area contributed by atoms with Gasteiger partial charge < -0.3 is 10.6 Å². The number of amides is 1. The first-order valence-corrected chi connectivity index (χ1v) is 5.12. The largest absolute Gasteiger partial charge is 0.398 e. The summed E-state index contributed by atoms with van der Waals surface area (Å²) in [6.45, 7) is 0.361. The van der Waals surface area contributed by atoms with Crippen LogP contribution >= 0.6 is 11.6 Å². The number of hydrogen-bond acceptors (Lipinski definition) is 3. The van der Waals surface area contributed by atoms with Crippen molar-refractivity contribution in [3.63, 3.8) is 0 Å². The molecule has 1 aromatic carbocycles. The zero-order valence-corrected chi connectivity index (χ0v) is 9.66. The third-order valence-corrected chi connectivity index (χ3v) is 2.48. The molecule has 0 saturated heterocycles. The predicted octanol–water partition coefficient (Wildman–Crippen LogP) is 1.91. The van der Waals surface area contributed by atoms with Gasteiger partial charge in [-0.3, -0.25) is 4.79 Å². The fourth-order valence-electron chi connectivity index (χ4n) is 1.28. The molecule has 0 aromatic heterocycles. The van der Waals surface area contributed by atoms with E-state index in [0.29, 0.717) is 22.8 Å². The van der Waals surface area contributed by atoms with Crippen LogP contribution in [-0.4, -0.2) is 24.4 Å². The number of benzene rings is 1. The molecule has 1 rings (SSSR count). The standard InChI is InChI=1S/C11H12ClN3O/c1-15(7-3-6-13)11(16)10-8(12)4-2-5-9(10)14/h2,4-5H,3,7,14H2,1H3. The monoisotopic (exact) mass is 237 g/mol. The lowest BCUT2D eigenvalue weighted by Gasteiger charge is -2.17. The minimum absolute atomic E-state index is 0.265. The number of nitriles is 1. The Morgan fingerprint density at radius 3 is 2.88 bits per heavy atom. The number of hydrogen-bond donors (Lipinski definition) is 1. The van der Waals surface area contributed by atoms with Gasteiger partial charge in [0.05, 0.1) is 23.1 Å². The van der Waals surface area contributed by atoms with Crippen molar-refractivity contribution < 1.29 is 4.79 Å². The lowest BCUT2D eigenvalue weighted by Crippen LogP contribution is -2.28. The molecule has 0 saturated carbocycles. The van der Waals surface area contributed by atoms with Gasteiger partial charge in [0, 0.05) is 19.3 Å². The van der Waals surface area contributed by atoms with Gasteiger partial charge in [0.2, 0.25) is 0 Å². The lowest BCUT2D eigenvalue weighted by atomic mass is 10.1. The molecule has 5 heteroatoms. The van der Waals surface area contributed by atoms with Gasteiger partial charge in [-0.25, -0.2) is 0 Å². The van der Waals surface area contributed by atoms with Gasteiger partial charge in [-0.05, 0) is 12.1 Å². The summed E-state index contributed by atoms with van der Waals surface area (Å²) in [5.41, 5.74) is 6.34. The number of carbonyl (C=O) groups is 1. The van der Waals surface area contributed by atoms with Crippen molar-refractivity contribution in [3.8, 4) is 6.07 Å². The predicted molar refractivity (Wildman–Crippen MR) is 63.1 cm³/mol. The van der Waals surface area contributed by atoms with Gasteiger partial charge in [-0.2, -0.15) is 5.26 Å². The average molecular weight is 238 g/mol. The molecular weight excluding hydrogens is 226 g/mol. The maximum absolute atomic E-state index is 11.9. The highest BCUT2D eigenvalue weighted by atomic mass is 35.5. The Balaban J connectivity index is 2.93. The zero-order chi connectivity index (χ0) is 12.1. The highest BCUT2D eigenvalue weighted by Gasteiger charge is 2.17. The SMILES string of the molecule is CN(CCC#N)C(=O)c1c(N)cccc1Cl. The average Bonchev–Trinajstić information content (AvgIpc) is 2.25. The van der Waals surface area contributed by atoms with Crippen LogP contribution < -0.4 is 5.73 Å². The molecule has 0 bridgehead atoms. The maximum atomic E-state index is 11.9. The number of nitrogens with two attached hydrogens (primary N) is 1. The highest BCUT2D eigenvalue weighted by Crippen LogP contribution is 2.23. The number of carbonyl (C=O) groups excluding carboxylic acids is 1. The van der Waals surface area contributed by atoms with Gasteiger partial charge in [-0.1, -0.05) is 17.7 Å². The molecule has 0 heterocycles. The molecule has 0 atom stereocenters. The number of nitrogen functional groups attached to an aromatic ring is 1. The molecule has 0 spiro atoms. The Kier molecular flexibility index (Phi) is 4.15. The van der Waals surface area contributed by atoms with E-state index in [1.807, 2.05) is 6.07 Å². The van der Waals surface area contributed by atoms with Crippen molar-refractivity contribution in [2.24, 2.45) is 0 Å². The third kappa shape index (κ3) is 2.65. The molecule has 2 N–H and O–H groups in total. The number of rotatable bonds is 3. The van der Waals surface area contributed by atoms with Crippen LogP contribution in [0.4, 0.5) is 5.69 Å². The lowest BCUT2D eigenvalue weighted by molar-refractivity contribution is 0.0799. The van der Waals surface area contributed by atoms with Crippen LogP contribution in [0.2, 0.25) is 5.02 Å². The molecular formula is C11H12ClN3O. The van der Waals surface area contributed by atoms with Crippen molar-refractivity contribution >= 4 is 23.2 Å². The van der Waals surface area contributed by atoms with Gasteiger partial charge in [0.1, 0.15) is 0 Å². The second-order valence-electron chi connectivity index (χ2n) is 3.34. The van der Waals surface area contributed by atoms with Gasteiger partial charge >= 0.3 is 0 Å². The summed E-state index contributed by atoms with van der Waals surface area (Å²) in [6, 6.07) is 6.90. The zero-order valence-electron chi connectivity index (χ0n) is 8.90. The summed E-state index contributed by atoms with van der Waals surface area (Å²) >= 11 is 5.91. The van der Waals surface area contributed by atoms with E-state index < -0.39 is 0 Å². The second kappa shape index (κ2) is 5.38. The van der Waals surface area contributed by atoms with Crippen molar-refractivity contribution in [2.75, 3.05) is 19.3 Å². The van der Waals surface area contributed by atoms with E-state index in [0.717, 1.165) is 0 Å². The van der Waals surface area contributed by atoms with Crippen LogP contribution in [0.1, 0.15) is 16.8 Å². The molecule has 1 aromatic rings. The summed E-state index contributed by atoms with van der Waals surface area (Å²) in [7, 11) is 1.61. The molecule has 0 radical (unpaired) electrons. The molecule has 0 aliphatic carbocycles. The first-order chi connectivity index (χ1) is 7.57. The molecule has 1 amide bonds. The van der Waals surface area contributed by atoms with E-state index in [2.05, 4.69) is 0 Å². The molecule has 0 aliphatic rings. The summed E-state index contributed by atoms with van der Waals surface area (Å²) < 4.78 is 0. The minimum atomic E-state index is -0.265. The van der Waals surface area contributed by atoms with Gasteiger partial charge in [0.15, 0.2) is 0 Å². The minimum Gasteiger partial charge on any atom is -0.398 e. The topological polar surface area (TPSA) is 70.1 Å². The van der Waals surface area contributed by atoms with Crippen LogP contribution in [0.25, 0.3) is 0 Å². The van der Waals surface area contributed by atoms with Crippen molar-refractivity contribution in [3.05, 3.63) is 28.8 Å². The summed E-state index contributed by atoms with van der Waals surface area (Å²) in [5.74, 6) is -0.265. The molecule has 4 nitrogen and oxygen atoms in total. The second-order valence-corrected chi connectivity index (χ2v) is 3.75. The Labute approximate surface area is 99.2 Å². The normalized spacial score (nSPS) is 9.56. The van der Waals surface area contributed by atoms with Crippen molar-refractivity contribution in [1.82, 2.24) is 4.90 Å². The van der Waals surface area contributed by atoms with Crippen molar-refractivity contribution in [1.29, 1.82) is 5.26 Å². The van der Waals surface area contributed by atoms with E-state index in [9.17, 15) is 4.79 Å². The Morgan fingerprint density at radius 2 is 2.31 bits per heavy atom. The van der Waals surface area contributed by atoms with E-state index in [1.54, 1.807) is 25.2 Å². The Hall–Kier alpha value is -1.73. The van der Waals surface area contributed by atoms with Crippen LogP contribution in [0, 0.1) is 11.3 Å². The summed E-state index contributed by atoms with van der Waals surface area (Å²) in [6.07, 6.45) is 0.284. The number of halogens is 1. The fraction of sp³-hybridized carbons (Fsp3) is 0.273. The fourth-order valence-corrected chi connectivity index (χ4v) is 1.54. The van der Waals surface area contributed by atoms with E-state index in [-0.39, 0.29) is 12.3 Å². The molecule has 16 heavy (non-hydrogen) atoms. The molecule has 84 valence electrons. The van der Waals surface area contributed by atoms with Crippen LogP contribution in [0.5, 0.6) is 0 Å². The van der Waals surface area contributed by atoms with E-state index in [4.69, 9.17) is 22.6 Å². The van der Waals surface area contributed by atoms with Crippen LogP contribution in [-0.2, 0) is 0 Å². The van der Waals surface area contributed by atoms with E-state index in [1.165, 1.54) is 4.90 Å². The molecule has 0 fully saturated rings. The number of nitrogens with zero attached hydrogens (tertiary/aromatic N) is 2. The maximum Gasteiger partial charge on any atom is 0.257 e. The molecule has 0 aliphatic heterocycles. The van der Waals surface area contributed by atoms with Gasteiger partial charge in [0.25, 0.3) is 5.91 Å². The summed E-state index contributed by atoms with van der Waals surface area (Å²) in [4.78, 5) is 13.4. The first-order valence-electron chi connectivity index (χ1n) is 4.74. The molecule has 0 unspecified atom stereocenters. The van der Waals surface area contributed by atoms with Crippen molar-refractivity contribution in [2.45, 2.75) is 6.42 Å². The third-order valence-electron chi connectivity index (χ3n) is 2.17. The van der Waals surface area contributed by atoms with Crippen LogP contribution in [0.3, 0.4) is 0 Å². The highest BCUT2D eigenvalue weighted by molar-refractivity contribution is 6.34.